The molecule has 0 radical (unpaired) electrons. The summed E-state index contributed by atoms with van der Waals surface area (Å²) < 4.78 is 5.68. The number of carbonyl (C=O) groups is 2. The van der Waals surface area contributed by atoms with Gasteiger partial charge in [0.25, 0.3) is 11.8 Å². The molecule has 8 nitrogen and oxygen atoms in total. The molecule has 3 aromatic rings. The van der Waals surface area contributed by atoms with Gasteiger partial charge in [0.15, 0.2) is 5.01 Å². The molecule has 2 amide bonds. The molecule has 5 rings (SSSR count). The normalized spacial score (nSPS) is 17.0. The molecule has 2 saturated heterocycles. The summed E-state index contributed by atoms with van der Waals surface area (Å²) in [5.74, 6) is 0.862. The molecule has 2 aliphatic rings. The van der Waals surface area contributed by atoms with Crippen molar-refractivity contribution < 1.29 is 14.3 Å². The SMILES string of the molecule is O=C(c1ccc(Oc2ccccc2Cl)nc1)N1CC(N2CCN(C(=O)c3nccs3)CC2)C1. The maximum Gasteiger partial charge on any atom is 0.282 e. The van der Waals surface area contributed by atoms with E-state index in [-0.39, 0.29) is 11.8 Å². The number of hydrogen-bond donors (Lipinski definition) is 0. The number of likely N-dealkylation sites (tertiary alicyclic amines) is 1. The number of pyridine rings is 1. The van der Waals surface area contributed by atoms with Gasteiger partial charge in [-0.25, -0.2) is 9.97 Å². The van der Waals surface area contributed by atoms with E-state index < -0.39 is 0 Å². The maximum atomic E-state index is 12.8. The summed E-state index contributed by atoms with van der Waals surface area (Å²) in [6, 6.07) is 10.9. The van der Waals surface area contributed by atoms with Gasteiger partial charge in [0, 0.05) is 69.2 Å². The van der Waals surface area contributed by atoms with Crippen molar-refractivity contribution in [2.24, 2.45) is 0 Å². The molecule has 0 atom stereocenters. The predicted octanol–water partition coefficient (Wildman–Crippen LogP) is 3.27. The van der Waals surface area contributed by atoms with E-state index in [1.165, 1.54) is 17.5 Å². The summed E-state index contributed by atoms with van der Waals surface area (Å²) in [5, 5.41) is 2.86. The summed E-state index contributed by atoms with van der Waals surface area (Å²) in [6.45, 7) is 4.33. The number of benzene rings is 1. The molecule has 2 fully saturated rings. The van der Waals surface area contributed by atoms with Gasteiger partial charge in [0.1, 0.15) is 5.75 Å². The highest BCUT2D eigenvalue weighted by atomic mass is 35.5. The first-order chi connectivity index (χ1) is 16.1. The van der Waals surface area contributed by atoms with Crippen molar-refractivity contribution in [1.29, 1.82) is 0 Å². The molecule has 33 heavy (non-hydrogen) atoms. The topological polar surface area (TPSA) is 78.9 Å². The lowest BCUT2D eigenvalue weighted by Crippen LogP contribution is -2.64. The number of amides is 2. The Labute approximate surface area is 200 Å². The Hall–Kier alpha value is -3.01. The summed E-state index contributed by atoms with van der Waals surface area (Å²) in [7, 11) is 0. The summed E-state index contributed by atoms with van der Waals surface area (Å²) in [6.07, 6.45) is 3.19. The fraction of sp³-hybridized carbons (Fsp3) is 0.304. The molecule has 4 heterocycles. The van der Waals surface area contributed by atoms with Crippen LogP contribution in [0.5, 0.6) is 11.6 Å². The first-order valence-electron chi connectivity index (χ1n) is 10.7. The van der Waals surface area contributed by atoms with Crippen LogP contribution in [0.4, 0.5) is 0 Å². The largest absolute Gasteiger partial charge is 0.437 e. The number of halogens is 1. The molecule has 0 bridgehead atoms. The first kappa shape index (κ1) is 21.8. The van der Waals surface area contributed by atoms with Crippen molar-refractivity contribution in [3.8, 4) is 11.6 Å². The molecule has 0 saturated carbocycles. The smallest absolute Gasteiger partial charge is 0.282 e. The van der Waals surface area contributed by atoms with Crippen LogP contribution >= 0.6 is 22.9 Å². The van der Waals surface area contributed by atoms with Gasteiger partial charge < -0.3 is 14.5 Å². The number of ether oxygens (including phenoxy) is 1. The summed E-state index contributed by atoms with van der Waals surface area (Å²) in [5.41, 5.74) is 0.527. The van der Waals surface area contributed by atoms with E-state index in [4.69, 9.17) is 16.3 Å². The Morgan fingerprint density at radius 1 is 0.970 bits per heavy atom. The van der Waals surface area contributed by atoms with Gasteiger partial charge in [-0.2, -0.15) is 0 Å². The second-order valence-electron chi connectivity index (χ2n) is 7.95. The number of piperazine rings is 1. The van der Waals surface area contributed by atoms with E-state index in [0.29, 0.717) is 59.4 Å². The van der Waals surface area contributed by atoms with Crippen molar-refractivity contribution in [2.75, 3.05) is 39.3 Å². The lowest BCUT2D eigenvalue weighted by atomic mass is 10.0. The van der Waals surface area contributed by atoms with E-state index in [2.05, 4.69) is 14.9 Å². The molecule has 1 aromatic carbocycles. The first-order valence-corrected chi connectivity index (χ1v) is 11.9. The van der Waals surface area contributed by atoms with Crippen LogP contribution in [0.15, 0.2) is 54.2 Å². The Morgan fingerprint density at radius 2 is 1.76 bits per heavy atom. The summed E-state index contributed by atoms with van der Waals surface area (Å²) in [4.78, 5) is 39.6. The third-order valence-corrected chi connectivity index (χ3v) is 6.99. The molecule has 2 aromatic heterocycles. The van der Waals surface area contributed by atoms with Gasteiger partial charge >= 0.3 is 0 Å². The lowest BCUT2D eigenvalue weighted by molar-refractivity contribution is 0.00851. The van der Waals surface area contributed by atoms with Gasteiger partial charge in [0.05, 0.1) is 10.6 Å². The van der Waals surface area contributed by atoms with E-state index in [9.17, 15) is 9.59 Å². The highest BCUT2D eigenvalue weighted by Crippen LogP contribution is 2.28. The van der Waals surface area contributed by atoms with Crippen LogP contribution in [-0.2, 0) is 0 Å². The van der Waals surface area contributed by atoms with Crippen LogP contribution in [0.3, 0.4) is 0 Å². The Morgan fingerprint density at radius 3 is 2.42 bits per heavy atom. The quantitative estimate of drug-likeness (QED) is 0.554. The van der Waals surface area contributed by atoms with Crippen LogP contribution in [0.2, 0.25) is 5.02 Å². The number of thiazole rings is 1. The molecule has 170 valence electrons. The summed E-state index contributed by atoms with van der Waals surface area (Å²) >= 11 is 7.48. The van der Waals surface area contributed by atoms with Crippen molar-refractivity contribution >= 4 is 34.8 Å². The number of para-hydroxylation sites is 1. The molecule has 0 unspecified atom stereocenters. The minimum Gasteiger partial charge on any atom is -0.437 e. The molecular weight excluding hydrogens is 462 g/mol. The minimum atomic E-state index is -0.0411. The Kier molecular flexibility index (Phi) is 6.26. The van der Waals surface area contributed by atoms with E-state index in [1.807, 2.05) is 27.3 Å². The predicted molar refractivity (Wildman–Crippen MR) is 125 cm³/mol. The average Bonchev–Trinajstić information content (AvgIpc) is 3.35. The highest BCUT2D eigenvalue weighted by Gasteiger charge is 2.37. The minimum absolute atomic E-state index is 0.00419. The standard InChI is InChI=1S/C23H22ClN5O3S/c24-18-3-1-2-4-19(18)32-20-6-5-16(13-26-20)22(30)29-14-17(15-29)27-8-10-28(11-9-27)23(31)21-25-7-12-33-21/h1-7,12-13,17H,8-11,14-15H2. The fourth-order valence-corrected chi connectivity index (χ4v) is 4.77. The monoisotopic (exact) mass is 483 g/mol. The van der Waals surface area contributed by atoms with Crippen LogP contribution in [0.25, 0.3) is 0 Å². The lowest BCUT2D eigenvalue weighted by Gasteiger charge is -2.48. The van der Waals surface area contributed by atoms with Gasteiger partial charge in [-0.1, -0.05) is 23.7 Å². The second kappa shape index (κ2) is 9.46. The van der Waals surface area contributed by atoms with Gasteiger partial charge in [0.2, 0.25) is 5.88 Å². The van der Waals surface area contributed by atoms with Crippen LogP contribution in [-0.4, -0.2) is 81.8 Å². The second-order valence-corrected chi connectivity index (χ2v) is 9.25. The number of hydrogen-bond acceptors (Lipinski definition) is 7. The van der Waals surface area contributed by atoms with Crippen LogP contribution in [0.1, 0.15) is 20.2 Å². The van der Waals surface area contributed by atoms with Gasteiger partial charge in [-0.15, -0.1) is 11.3 Å². The third kappa shape index (κ3) is 4.71. The van der Waals surface area contributed by atoms with Gasteiger partial charge in [-0.05, 0) is 18.2 Å². The van der Waals surface area contributed by atoms with Crippen molar-refractivity contribution in [3.05, 3.63) is 69.8 Å². The molecule has 0 spiro atoms. The van der Waals surface area contributed by atoms with Crippen molar-refractivity contribution in [1.82, 2.24) is 24.7 Å². The molecule has 10 heteroatoms. The zero-order chi connectivity index (χ0) is 22.8. The number of carbonyl (C=O) groups excluding carboxylic acids is 2. The molecule has 0 aliphatic carbocycles. The molecular formula is C23H22ClN5O3S. The van der Waals surface area contributed by atoms with Crippen molar-refractivity contribution in [2.45, 2.75) is 6.04 Å². The van der Waals surface area contributed by atoms with Gasteiger partial charge in [-0.3, -0.25) is 14.5 Å². The van der Waals surface area contributed by atoms with E-state index >= 15 is 0 Å². The van der Waals surface area contributed by atoms with E-state index in [1.54, 1.807) is 30.5 Å². The Balaban J connectivity index is 1.10. The fourth-order valence-electron chi connectivity index (χ4n) is 4.00. The number of nitrogens with zero attached hydrogens (tertiary/aromatic N) is 5. The van der Waals surface area contributed by atoms with Crippen LogP contribution < -0.4 is 4.74 Å². The number of rotatable bonds is 5. The average molecular weight is 484 g/mol. The number of aromatic nitrogens is 2. The highest BCUT2D eigenvalue weighted by molar-refractivity contribution is 7.11. The van der Waals surface area contributed by atoms with Crippen molar-refractivity contribution in [3.63, 3.8) is 0 Å². The molecule has 0 N–H and O–H groups in total. The molecule has 2 aliphatic heterocycles. The zero-order valence-electron chi connectivity index (χ0n) is 17.8. The third-order valence-electron chi connectivity index (χ3n) is 5.92. The zero-order valence-corrected chi connectivity index (χ0v) is 19.3. The van der Waals surface area contributed by atoms with E-state index in [0.717, 1.165) is 13.1 Å². The Bertz CT molecular complexity index is 1130. The maximum absolute atomic E-state index is 12.8. The van der Waals surface area contributed by atoms with Crippen LogP contribution in [0, 0.1) is 0 Å².